The van der Waals surface area contributed by atoms with E-state index in [4.69, 9.17) is 9.47 Å². The van der Waals surface area contributed by atoms with Crippen LogP contribution in [0.3, 0.4) is 0 Å². The third-order valence-electron chi connectivity index (χ3n) is 16.1. The molecule has 0 saturated carbocycles. The van der Waals surface area contributed by atoms with Crippen LogP contribution >= 0.6 is 0 Å². The molecule has 0 aromatic rings. The fourth-order valence-electron chi connectivity index (χ4n) is 10.8. The first-order valence-electron chi connectivity index (χ1n) is 33.9. The number of rotatable bonds is 59. The summed E-state index contributed by atoms with van der Waals surface area (Å²) in [7, 11) is 0. The molecule has 78 heavy (non-hydrogen) atoms. The van der Waals surface area contributed by atoms with Crippen molar-refractivity contribution in [2.75, 3.05) is 13.2 Å². The molecule has 7 unspecified atom stereocenters. The van der Waals surface area contributed by atoms with Gasteiger partial charge in [-0.1, -0.05) is 306 Å². The molecule has 1 saturated heterocycles. The molecular formula is C69H129NO8. The number of nitrogens with one attached hydrogen (secondary N) is 1. The van der Waals surface area contributed by atoms with E-state index < -0.39 is 49.5 Å². The number of hydrogen-bond acceptors (Lipinski definition) is 8. The van der Waals surface area contributed by atoms with E-state index in [9.17, 15) is 30.3 Å². The van der Waals surface area contributed by atoms with Crippen LogP contribution in [0.25, 0.3) is 0 Å². The second-order valence-corrected chi connectivity index (χ2v) is 23.6. The average molecular weight is 1100 g/mol. The maximum Gasteiger partial charge on any atom is 0.220 e. The van der Waals surface area contributed by atoms with Crippen molar-refractivity contribution in [1.29, 1.82) is 0 Å². The van der Waals surface area contributed by atoms with Gasteiger partial charge < -0.3 is 40.3 Å². The highest BCUT2D eigenvalue weighted by Crippen LogP contribution is 2.23. The van der Waals surface area contributed by atoms with Crippen molar-refractivity contribution < 1.29 is 39.8 Å². The molecule has 0 spiro atoms. The highest BCUT2D eigenvalue weighted by molar-refractivity contribution is 5.76. The van der Waals surface area contributed by atoms with Crippen LogP contribution in [0.1, 0.15) is 328 Å². The summed E-state index contributed by atoms with van der Waals surface area (Å²) in [5.74, 6) is -0.181. The Hall–Kier alpha value is -1.85. The first-order valence-corrected chi connectivity index (χ1v) is 33.9. The molecule has 1 heterocycles. The van der Waals surface area contributed by atoms with Crippen LogP contribution in [0, 0.1) is 0 Å². The summed E-state index contributed by atoms with van der Waals surface area (Å²) >= 11 is 0. The average Bonchev–Trinajstić information content (AvgIpc) is 3.45. The Labute approximate surface area is 482 Å². The van der Waals surface area contributed by atoms with Gasteiger partial charge in [-0.15, -0.1) is 0 Å². The van der Waals surface area contributed by atoms with Crippen LogP contribution in [0.4, 0.5) is 0 Å². The number of hydrogen-bond donors (Lipinski definition) is 6. The fourth-order valence-corrected chi connectivity index (χ4v) is 10.8. The van der Waals surface area contributed by atoms with Gasteiger partial charge in [0.25, 0.3) is 0 Å². The number of carbonyl (C=O) groups is 1. The van der Waals surface area contributed by atoms with Crippen LogP contribution in [0.15, 0.2) is 48.6 Å². The van der Waals surface area contributed by atoms with Gasteiger partial charge in [0.1, 0.15) is 24.4 Å². The van der Waals surface area contributed by atoms with Crippen LogP contribution in [0.5, 0.6) is 0 Å². The van der Waals surface area contributed by atoms with Gasteiger partial charge in [0.2, 0.25) is 5.91 Å². The summed E-state index contributed by atoms with van der Waals surface area (Å²) in [6.45, 7) is 3.79. The SMILES string of the molecule is CCCCCCC/C=C\C/C=C\CCCCCCCCCCCCCCCCCCCCCCCCCC(=O)NC(COC1OC(CO)C(O)C(O)C1O)C(O)/C=C/CC/C=C/CCCCCCCCCCCCCCCC. The number of allylic oxidation sites excluding steroid dienone is 7. The van der Waals surface area contributed by atoms with Crippen molar-refractivity contribution in [1.82, 2.24) is 5.32 Å². The Morgan fingerprint density at radius 2 is 0.769 bits per heavy atom. The molecule has 1 fully saturated rings. The molecule has 0 aliphatic carbocycles. The smallest absolute Gasteiger partial charge is 0.220 e. The summed E-state index contributed by atoms with van der Waals surface area (Å²) in [6.07, 6.45) is 72.2. The Morgan fingerprint density at radius 3 is 1.15 bits per heavy atom. The number of amides is 1. The summed E-state index contributed by atoms with van der Waals surface area (Å²) < 4.78 is 11.3. The third kappa shape index (κ3) is 46.7. The maximum absolute atomic E-state index is 13.1. The zero-order chi connectivity index (χ0) is 56.5. The second-order valence-electron chi connectivity index (χ2n) is 23.6. The van der Waals surface area contributed by atoms with Gasteiger partial charge in [-0.25, -0.2) is 0 Å². The van der Waals surface area contributed by atoms with Crippen molar-refractivity contribution in [3.8, 4) is 0 Å². The Kier molecular flexibility index (Phi) is 55.5. The summed E-state index contributed by atoms with van der Waals surface area (Å²) in [5, 5.41) is 54.6. The lowest BCUT2D eigenvalue weighted by atomic mass is 9.99. The number of aliphatic hydroxyl groups excluding tert-OH is 5. The van der Waals surface area contributed by atoms with E-state index in [-0.39, 0.29) is 12.5 Å². The molecular weight excluding hydrogens is 971 g/mol. The summed E-state index contributed by atoms with van der Waals surface area (Å²) in [5.41, 5.74) is 0. The van der Waals surface area contributed by atoms with Crippen LogP contribution in [-0.2, 0) is 14.3 Å². The third-order valence-corrected chi connectivity index (χ3v) is 16.1. The van der Waals surface area contributed by atoms with E-state index in [2.05, 4.69) is 55.6 Å². The van der Waals surface area contributed by atoms with Crippen molar-refractivity contribution in [3.05, 3.63) is 48.6 Å². The normalized spacial score (nSPS) is 18.9. The Morgan fingerprint density at radius 1 is 0.436 bits per heavy atom. The first kappa shape index (κ1) is 74.2. The predicted octanol–water partition coefficient (Wildman–Crippen LogP) is 18.0. The molecule has 0 aromatic heterocycles. The molecule has 6 N–H and O–H groups in total. The Bertz CT molecular complexity index is 1370. The fraction of sp³-hybridized carbons (Fsp3) is 0.870. The highest BCUT2D eigenvalue weighted by atomic mass is 16.7. The number of unbranched alkanes of at least 4 members (excludes halogenated alkanes) is 43. The summed E-state index contributed by atoms with van der Waals surface area (Å²) in [4.78, 5) is 13.1. The van der Waals surface area contributed by atoms with E-state index in [1.165, 1.54) is 263 Å². The van der Waals surface area contributed by atoms with Crippen molar-refractivity contribution in [2.45, 2.75) is 371 Å². The Balaban J connectivity index is 2.11. The number of ether oxygens (including phenoxy) is 2. The minimum absolute atomic E-state index is 0.181. The molecule has 9 nitrogen and oxygen atoms in total. The molecule has 0 radical (unpaired) electrons. The monoisotopic (exact) mass is 1100 g/mol. The van der Waals surface area contributed by atoms with Gasteiger partial charge in [0.15, 0.2) is 6.29 Å². The van der Waals surface area contributed by atoms with Crippen LogP contribution < -0.4 is 5.32 Å². The molecule has 1 rings (SSSR count). The van der Waals surface area contributed by atoms with Crippen LogP contribution in [0.2, 0.25) is 0 Å². The zero-order valence-electron chi connectivity index (χ0n) is 51.2. The molecule has 9 heteroatoms. The minimum atomic E-state index is -1.57. The van der Waals surface area contributed by atoms with Crippen molar-refractivity contribution in [2.24, 2.45) is 0 Å². The maximum atomic E-state index is 13.1. The van der Waals surface area contributed by atoms with Gasteiger partial charge in [-0.05, 0) is 64.2 Å². The largest absolute Gasteiger partial charge is 0.394 e. The van der Waals surface area contributed by atoms with E-state index >= 15 is 0 Å². The van der Waals surface area contributed by atoms with Crippen molar-refractivity contribution >= 4 is 5.91 Å². The lowest BCUT2D eigenvalue weighted by Gasteiger charge is -2.40. The highest BCUT2D eigenvalue weighted by Gasteiger charge is 2.44. The predicted molar refractivity (Wildman–Crippen MR) is 332 cm³/mol. The van der Waals surface area contributed by atoms with Gasteiger partial charge in [-0.2, -0.15) is 0 Å². The summed E-state index contributed by atoms with van der Waals surface area (Å²) in [6, 6.07) is -0.822. The molecule has 7 atom stereocenters. The zero-order valence-corrected chi connectivity index (χ0v) is 51.2. The van der Waals surface area contributed by atoms with E-state index in [0.717, 1.165) is 44.9 Å². The number of aliphatic hydroxyl groups is 5. The molecule has 458 valence electrons. The van der Waals surface area contributed by atoms with Gasteiger partial charge in [-0.3, -0.25) is 4.79 Å². The first-order chi connectivity index (χ1) is 38.3. The molecule has 0 aromatic carbocycles. The second kappa shape index (κ2) is 58.4. The van der Waals surface area contributed by atoms with E-state index in [0.29, 0.717) is 6.42 Å². The number of carbonyl (C=O) groups excluding carboxylic acids is 1. The molecule has 1 aliphatic rings. The van der Waals surface area contributed by atoms with E-state index in [1.54, 1.807) is 6.08 Å². The van der Waals surface area contributed by atoms with Gasteiger partial charge >= 0.3 is 0 Å². The lowest BCUT2D eigenvalue weighted by molar-refractivity contribution is -0.302. The molecule has 0 bridgehead atoms. The standard InChI is InChI=1S/C69H129NO8/c1-3-5-7-9-11-13-15-17-19-21-23-25-26-27-28-29-30-31-32-33-34-35-36-37-38-39-41-43-45-47-49-51-53-55-57-59-65(73)70-62(61-77-69-68(76)67(75)66(74)64(60-71)78-69)63(72)58-56-54-52-50-48-46-44-42-40-24-22-20-18-16-14-12-10-8-6-4-2/h15,17,21,23,48,50,56,58,62-64,66-69,71-72,74-76H,3-14,16,18-20,22,24-47,49,51-55,57,59-61H2,1-2H3,(H,70,73)/b17-15-,23-21-,50-48+,58-56+. The quantitative estimate of drug-likeness (QED) is 0.0261. The molecule has 1 aliphatic heterocycles. The van der Waals surface area contributed by atoms with Gasteiger partial charge in [0, 0.05) is 6.42 Å². The minimum Gasteiger partial charge on any atom is -0.394 e. The van der Waals surface area contributed by atoms with Crippen LogP contribution in [-0.4, -0.2) is 87.5 Å². The lowest BCUT2D eigenvalue weighted by Crippen LogP contribution is -2.60. The van der Waals surface area contributed by atoms with Crippen molar-refractivity contribution in [3.63, 3.8) is 0 Å². The van der Waals surface area contributed by atoms with E-state index in [1.807, 2.05) is 6.08 Å². The van der Waals surface area contributed by atoms with Gasteiger partial charge in [0.05, 0.1) is 25.4 Å². The topological polar surface area (TPSA) is 149 Å². The molecule has 1 amide bonds.